The minimum Gasteiger partial charge on any atom is -0.391 e. The summed E-state index contributed by atoms with van der Waals surface area (Å²) in [5.74, 6) is -0.964. The number of aryl methyl sites for hydroxylation is 1. The van der Waals surface area contributed by atoms with Crippen molar-refractivity contribution in [2.75, 3.05) is 13.1 Å². The molecular weight excluding hydrogens is 490 g/mol. The Bertz CT molecular complexity index is 1090. The van der Waals surface area contributed by atoms with Crippen LogP contribution < -0.4 is 16.4 Å². The maximum absolute atomic E-state index is 13.6. The molecule has 1 unspecified atom stereocenters. The number of carbonyl (C=O) groups is 3. The molecule has 37 heavy (non-hydrogen) atoms. The van der Waals surface area contributed by atoms with Gasteiger partial charge in [-0.25, -0.2) is 4.98 Å². The molecule has 0 bridgehead atoms. The number of benzene rings is 1. The molecule has 1 saturated heterocycles. The van der Waals surface area contributed by atoms with E-state index in [-0.39, 0.29) is 43.1 Å². The molecule has 3 amide bonds. The number of nitrogens with zero attached hydrogens (tertiary/aromatic N) is 2. The Hall–Kier alpha value is -2.82. The molecule has 1 aromatic carbocycles. The van der Waals surface area contributed by atoms with E-state index >= 15 is 0 Å². The number of thiazole rings is 1. The molecule has 3 rings (SSSR count). The highest BCUT2D eigenvalue weighted by Crippen LogP contribution is 2.29. The van der Waals surface area contributed by atoms with Crippen LogP contribution in [0.2, 0.25) is 0 Å². The van der Waals surface area contributed by atoms with Crippen molar-refractivity contribution in [1.29, 1.82) is 0 Å². The summed E-state index contributed by atoms with van der Waals surface area (Å²) in [5.41, 5.74) is 9.71. The molecule has 9 nitrogen and oxygen atoms in total. The van der Waals surface area contributed by atoms with Crippen LogP contribution in [0, 0.1) is 12.3 Å². The second-order valence-electron chi connectivity index (χ2n) is 10.8. The lowest BCUT2D eigenvalue weighted by molar-refractivity contribution is -0.144. The number of amides is 3. The van der Waals surface area contributed by atoms with Gasteiger partial charge in [0.2, 0.25) is 17.7 Å². The van der Waals surface area contributed by atoms with Crippen LogP contribution in [-0.4, -0.2) is 64.0 Å². The monoisotopic (exact) mass is 529 g/mol. The zero-order chi connectivity index (χ0) is 27.3. The number of nitrogens with one attached hydrogen (secondary N) is 2. The minimum atomic E-state index is -0.835. The standard InChI is InChI=1S/C27H39N5O4S/c1-16(18-8-10-19(11-9-18)23-17(2)29-15-37-23)30-25(35)21-13-20(33)14-32(21)26(36)24(27(3,4)5)31-22(34)7-6-12-28/h8-11,15-16,20-21,24,33H,6-7,12-14,28H2,1-5H3,(H,30,35)(H,31,34)/t16-,20+,21-,24?/m0/s1. The summed E-state index contributed by atoms with van der Waals surface area (Å²) in [6.07, 6.45) is 0.0752. The van der Waals surface area contributed by atoms with Gasteiger partial charge in [0.1, 0.15) is 12.1 Å². The number of aromatic nitrogens is 1. The van der Waals surface area contributed by atoms with Crippen molar-refractivity contribution in [3.05, 3.63) is 41.0 Å². The number of likely N-dealkylation sites (tertiary alicyclic amines) is 1. The van der Waals surface area contributed by atoms with Crippen LogP contribution in [0.1, 0.15) is 64.3 Å². The molecule has 202 valence electrons. The van der Waals surface area contributed by atoms with Crippen molar-refractivity contribution in [1.82, 2.24) is 20.5 Å². The lowest BCUT2D eigenvalue weighted by Crippen LogP contribution is -2.57. The highest BCUT2D eigenvalue weighted by molar-refractivity contribution is 7.13. The van der Waals surface area contributed by atoms with E-state index in [4.69, 9.17) is 5.73 Å². The molecule has 0 radical (unpaired) electrons. The molecule has 2 aromatic rings. The third kappa shape index (κ3) is 7.15. The summed E-state index contributed by atoms with van der Waals surface area (Å²) < 4.78 is 0. The zero-order valence-electron chi connectivity index (χ0n) is 22.3. The molecule has 4 atom stereocenters. The van der Waals surface area contributed by atoms with Gasteiger partial charge in [-0.3, -0.25) is 14.4 Å². The number of carbonyl (C=O) groups excluding carboxylic acids is 3. The molecule has 5 N–H and O–H groups in total. The van der Waals surface area contributed by atoms with E-state index in [2.05, 4.69) is 15.6 Å². The lowest BCUT2D eigenvalue weighted by Gasteiger charge is -2.35. The maximum atomic E-state index is 13.6. The first kappa shape index (κ1) is 28.7. The van der Waals surface area contributed by atoms with Crippen LogP contribution >= 0.6 is 11.3 Å². The van der Waals surface area contributed by atoms with Gasteiger partial charge in [-0.1, -0.05) is 45.0 Å². The van der Waals surface area contributed by atoms with Crippen LogP contribution in [0.15, 0.2) is 29.8 Å². The van der Waals surface area contributed by atoms with Crippen LogP contribution in [0.4, 0.5) is 0 Å². The maximum Gasteiger partial charge on any atom is 0.246 e. The molecule has 0 aliphatic carbocycles. The van der Waals surface area contributed by atoms with Crippen LogP contribution in [0.3, 0.4) is 0 Å². The van der Waals surface area contributed by atoms with Gasteiger partial charge in [-0.15, -0.1) is 11.3 Å². The van der Waals surface area contributed by atoms with Crippen molar-refractivity contribution < 1.29 is 19.5 Å². The number of hydrogen-bond acceptors (Lipinski definition) is 7. The van der Waals surface area contributed by atoms with Crippen molar-refractivity contribution >= 4 is 29.1 Å². The number of hydrogen-bond donors (Lipinski definition) is 4. The largest absolute Gasteiger partial charge is 0.391 e. The first-order chi connectivity index (χ1) is 17.4. The van der Waals surface area contributed by atoms with E-state index in [9.17, 15) is 19.5 Å². The average molecular weight is 530 g/mol. The van der Waals surface area contributed by atoms with Gasteiger partial charge in [0.05, 0.1) is 28.2 Å². The number of β-amino-alcohol motifs (C(OH)–C–C–N with tert-alkyl or cyclic N) is 1. The Morgan fingerprint density at radius 2 is 1.89 bits per heavy atom. The van der Waals surface area contributed by atoms with Gasteiger partial charge in [-0.2, -0.15) is 0 Å². The summed E-state index contributed by atoms with van der Waals surface area (Å²) >= 11 is 1.58. The predicted octanol–water partition coefficient (Wildman–Crippen LogP) is 2.53. The molecule has 1 fully saturated rings. The van der Waals surface area contributed by atoms with Crippen molar-refractivity contribution in [2.45, 2.75) is 78.1 Å². The molecule has 0 saturated carbocycles. The predicted molar refractivity (Wildman–Crippen MR) is 145 cm³/mol. The average Bonchev–Trinajstić information content (AvgIpc) is 3.45. The Kier molecular flexibility index (Phi) is 9.44. The van der Waals surface area contributed by atoms with E-state index < -0.39 is 23.6 Å². The molecule has 2 heterocycles. The highest BCUT2D eigenvalue weighted by Gasteiger charge is 2.44. The van der Waals surface area contributed by atoms with Gasteiger partial charge in [0, 0.05) is 19.4 Å². The van der Waals surface area contributed by atoms with Crippen molar-refractivity contribution in [3.63, 3.8) is 0 Å². The minimum absolute atomic E-state index is 0.0411. The molecule has 0 spiro atoms. The van der Waals surface area contributed by atoms with Crippen molar-refractivity contribution in [2.24, 2.45) is 11.1 Å². The van der Waals surface area contributed by atoms with Gasteiger partial charge in [-0.05, 0) is 43.4 Å². The number of aliphatic hydroxyl groups excluding tert-OH is 1. The van der Waals surface area contributed by atoms with Gasteiger partial charge >= 0.3 is 0 Å². The molecule has 1 aliphatic rings. The number of nitrogens with two attached hydrogens (primary N) is 1. The Balaban J connectivity index is 1.71. The summed E-state index contributed by atoms with van der Waals surface area (Å²) in [6, 6.07) is 6.00. The quantitative estimate of drug-likeness (QED) is 0.394. The van der Waals surface area contributed by atoms with Gasteiger partial charge < -0.3 is 26.4 Å². The Morgan fingerprint density at radius 1 is 1.22 bits per heavy atom. The summed E-state index contributed by atoms with van der Waals surface area (Å²) in [6.45, 7) is 9.87. The van der Waals surface area contributed by atoms with Crippen molar-refractivity contribution in [3.8, 4) is 10.4 Å². The van der Waals surface area contributed by atoms with E-state index in [1.54, 1.807) is 11.3 Å². The summed E-state index contributed by atoms with van der Waals surface area (Å²) in [5, 5.41) is 16.2. The van der Waals surface area contributed by atoms with Crippen LogP contribution in [0.25, 0.3) is 10.4 Å². The fourth-order valence-corrected chi connectivity index (χ4v) is 5.32. The third-order valence-corrected chi connectivity index (χ3v) is 7.65. The second kappa shape index (κ2) is 12.1. The Morgan fingerprint density at radius 3 is 2.46 bits per heavy atom. The fraction of sp³-hybridized carbons (Fsp3) is 0.556. The summed E-state index contributed by atoms with van der Waals surface area (Å²) in [4.78, 5) is 46.1. The highest BCUT2D eigenvalue weighted by atomic mass is 32.1. The smallest absolute Gasteiger partial charge is 0.246 e. The third-order valence-electron chi connectivity index (χ3n) is 6.67. The topological polar surface area (TPSA) is 138 Å². The SMILES string of the molecule is Cc1ncsc1-c1ccc([C@H](C)NC(=O)[C@@H]2C[C@@H](O)CN2C(=O)C(NC(=O)CCCN)C(C)(C)C)cc1. The first-order valence-electron chi connectivity index (χ1n) is 12.7. The summed E-state index contributed by atoms with van der Waals surface area (Å²) in [7, 11) is 0. The molecule has 10 heteroatoms. The Labute approximate surface area is 222 Å². The van der Waals surface area contributed by atoms with E-state index in [1.807, 2.05) is 64.4 Å². The van der Waals surface area contributed by atoms with E-state index in [1.165, 1.54) is 4.90 Å². The molecular formula is C27H39N5O4S. The first-order valence-corrected chi connectivity index (χ1v) is 13.6. The molecule has 1 aromatic heterocycles. The normalized spacial score (nSPS) is 19.4. The molecule has 1 aliphatic heterocycles. The van der Waals surface area contributed by atoms with Crippen LogP contribution in [0.5, 0.6) is 0 Å². The number of rotatable bonds is 9. The fourth-order valence-electron chi connectivity index (χ4n) is 4.51. The van der Waals surface area contributed by atoms with Gasteiger partial charge in [0.25, 0.3) is 0 Å². The van der Waals surface area contributed by atoms with E-state index in [0.717, 1.165) is 21.7 Å². The lowest BCUT2D eigenvalue weighted by atomic mass is 9.85. The van der Waals surface area contributed by atoms with E-state index in [0.29, 0.717) is 13.0 Å². The van der Waals surface area contributed by atoms with Gasteiger partial charge in [0.15, 0.2) is 0 Å². The zero-order valence-corrected chi connectivity index (χ0v) is 23.1. The number of aliphatic hydroxyl groups is 1. The second-order valence-corrected chi connectivity index (χ2v) is 11.6. The van der Waals surface area contributed by atoms with Crippen LogP contribution in [-0.2, 0) is 14.4 Å².